The summed E-state index contributed by atoms with van der Waals surface area (Å²) in [6.45, 7) is 3.98. The van der Waals surface area contributed by atoms with Crippen LogP contribution in [0.5, 0.6) is 0 Å². The number of thioether (sulfide) groups is 1. The maximum atomic E-state index is 11.9. The van der Waals surface area contributed by atoms with Crippen LogP contribution in [0.1, 0.15) is 11.1 Å². The van der Waals surface area contributed by atoms with Crippen LogP contribution in [0.15, 0.2) is 48.5 Å². The van der Waals surface area contributed by atoms with E-state index < -0.39 is 0 Å². The van der Waals surface area contributed by atoms with E-state index in [1.165, 1.54) is 11.8 Å². The Balaban J connectivity index is 1.73. The van der Waals surface area contributed by atoms with Gasteiger partial charge in [0.2, 0.25) is 11.8 Å². The highest BCUT2D eigenvalue weighted by Crippen LogP contribution is 2.14. The van der Waals surface area contributed by atoms with Gasteiger partial charge in [0.1, 0.15) is 0 Å². The highest BCUT2D eigenvalue weighted by molar-refractivity contribution is 8.00. The van der Waals surface area contributed by atoms with Crippen LogP contribution in [-0.2, 0) is 9.59 Å². The fraction of sp³-hybridized carbons (Fsp3) is 0.222. The van der Waals surface area contributed by atoms with E-state index in [2.05, 4.69) is 16.7 Å². The Hall–Kier alpha value is -2.27. The summed E-state index contributed by atoms with van der Waals surface area (Å²) < 4.78 is 0. The second kappa shape index (κ2) is 8.39. The molecule has 0 bridgehead atoms. The Morgan fingerprint density at radius 1 is 0.826 bits per heavy atom. The van der Waals surface area contributed by atoms with E-state index in [0.29, 0.717) is 0 Å². The van der Waals surface area contributed by atoms with Crippen molar-refractivity contribution in [2.75, 3.05) is 22.1 Å². The lowest BCUT2D eigenvalue weighted by Crippen LogP contribution is -2.18. The molecule has 0 saturated carbocycles. The topological polar surface area (TPSA) is 58.2 Å². The minimum Gasteiger partial charge on any atom is -0.325 e. The molecule has 4 nitrogen and oxygen atoms in total. The van der Waals surface area contributed by atoms with Gasteiger partial charge in [0.05, 0.1) is 11.5 Å². The molecular weight excluding hydrogens is 308 g/mol. The maximum absolute atomic E-state index is 11.9. The first-order valence-corrected chi connectivity index (χ1v) is 8.49. The molecule has 0 aliphatic rings. The van der Waals surface area contributed by atoms with Gasteiger partial charge in [0.15, 0.2) is 0 Å². The molecule has 0 atom stereocenters. The van der Waals surface area contributed by atoms with E-state index in [0.717, 1.165) is 22.5 Å². The number of carbonyl (C=O) groups is 2. The molecule has 0 aliphatic carbocycles. The lowest BCUT2D eigenvalue weighted by Gasteiger charge is -2.08. The number of para-hydroxylation sites is 1. The average molecular weight is 328 g/mol. The molecule has 0 aromatic heterocycles. The monoisotopic (exact) mass is 328 g/mol. The van der Waals surface area contributed by atoms with Crippen LogP contribution in [0, 0.1) is 13.8 Å². The van der Waals surface area contributed by atoms with Gasteiger partial charge in [-0.3, -0.25) is 9.59 Å². The number of hydrogen-bond acceptors (Lipinski definition) is 3. The quantitative estimate of drug-likeness (QED) is 0.851. The van der Waals surface area contributed by atoms with E-state index in [1.807, 2.05) is 56.3 Å². The number of rotatable bonds is 6. The van der Waals surface area contributed by atoms with E-state index in [-0.39, 0.29) is 23.3 Å². The summed E-state index contributed by atoms with van der Waals surface area (Å²) in [6.07, 6.45) is 0. The van der Waals surface area contributed by atoms with Gasteiger partial charge in [0.25, 0.3) is 0 Å². The summed E-state index contributed by atoms with van der Waals surface area (Å²) in [5.41, 5.74) is 3.77. The molecule has 2 aromatic rings. The lowest BCUT2D eigenvalue weighted by atomic mass is 10.1. The minimum absolute atomic E-state index is 0.104. The Labute approximate surface area is 140 Å². The Morgan fingerprint density at radius 2 is 1.35 bits per heavy atom. The number of nitrogens with one attached hydrogen (secondary N) is 2. The number of anilines is 2. The van der Waals surface area contributed by atoms with Crippen LogP contribution in [-0.4, -0.2) is 23.3 Å². The molecule has 2 N–H and O–H groups in total. The average Bonchev–Trinajstić information content (AvgIpc) is 2.47. The highest BCUT2D eigenvalue weighted by Gasteiger charge is 2.07. The Kier molecular flexibility index (Phi) is 6.23. The summed E-state index contributed by atoms with van der Waals surface area (Å²) >= 11 is 1.29. The predicted molar refractivity (Wildman–Crippen MR) is 96.9 cm³/mol. The molecule has 0 spiro atoms. The van der Waals surface area contributed by atoms with Gasteiger partial charge in [-0.2, -0.15) is 0 Å². The van der Waals surface area contributed by atoms with E-state index in [1.54, 1.807) is 0 Å². The zero-order chi connectivity index (χ0) is 16.7. The summed E-state index contributed by atoms with van der Waals surface area (Å²) in [5, 5.41) is 5.64. The fourth-order valence-corrected chi connectivity index (χ4v) is 2.82. The van der Waals surface area contributed by atoms with E-state index in [9.17, 15) is 9.59 Å². The standard InChI is InChI=1S/C18H20N2O2S/c1-13-8-14(2)10-16(9-13)20-18(22)12-23-11-17(21)19-15-6-4-3-5-7-15/h3-10H,11-12H2,1-2H3,(H,19,21)(H,20,22). The summed E-state index contributed by atoms with van der Waals surface area (Å²) in [4.78, 5) is 23.7. The van der Waals surface area contributed by atoms with Gasteiger partial charge in [-0.15, -0.1) is 11.8 Å². The molecule has 0 saturated heterocycles. The molecule has 120 valence electrons. The smallest absolute Gasteiger partial charge is 0.234 e. The van der Waals surface area contributed by atoms with Crippen molar-refractivity contribution in [1.29, 1.82) is 0 Å². The second-order valence-corrected chi connectivity index (χ2v) is 6.32. The fourth-order valence-electron chi connectivity index (χ4n) is 2.20. The normalized spacial score (nSPS) is 10.2. The second-order valence-electron chi connectivity index (χ2n) is 5.33. The summed E-state index contributed by atoms with van der Waals surface area (Å²) in [5.74, 6) is 0.276. The van der Waals surface area contributed by atoms with Crippen molar-refractivity contribution in [3.8, 4) is 0 Å². The first-order valence-electron chi connectivity index (χ1n) is 7.34. The van der Waals surface area contributed by atoms with Crippen molar-refractivity contribution in [3.05, 3.63) is 59.7 Å². The molecule has 2 amide bonds. The van der Waals surface area contributed by atoms with Gasteiger partial charge >= 0.3 is 0 Å². The van der Waals surface area contributed by atoms with Crippen LogP contribution in [0.3, 0.4) is 0 Å². The molecule has 23 heavy (non-hydrogen) atoms. The molecule has 2 aromatic carbocycles. The molecule has 0 aliphatic heterocycles. The molecule has 0 unspecified atom stereocenters. The Bertz CT molecular complexity index is 666. The lowest BCUT2D eigenvalue weighted by molar-refractivity contribution is -0.114. The number of amides is 2. The van der Waals surface area contributed by atoms with E-state index >= 15 is 0 Å². The summed E-state index contributed by atoms with van der Waals surface area (Å²) in [6, 6.07) is 15.2. The highest BCUT2D eigenvalue weighted by atomic mass is 32.2. The van der Waals surface area contributed by atoms with Crippen LogP contribution >= 0.6 is 11.8 Å². The molecule has 0 radical (unpaired) electrons. The van der Waals surface area contributed by atoms with Gasteiger partial charge < -0.3 is 10.6 Å². The first kappa shape index (κ1) is 17.1. The summed E-state index contributed by atoms with van der Waals surface area (Å²) in [7, 11) is 0. The Morgan fingerprint density at radius 3 is 1.91 bits per heavy atom. The van der Waals surface area contributed by atoms with Crippen molar-refractivity contribution in [2.24, 2.45) is 0 Å². The van der Waals surface area contributed by atoms with Crippen molar-refractivity contribution in [3.63, 3.8) is 0 Å². The molecular formula is C18H20N2O2S. The molecule has 5 heteroatoms. The molecule has 2 rings (SSSR count). The maximum Gasteiger partial charge on any atom is 0.234 e. The van der Waals surface area contributed by atoms with Gasteiger partial charge in [-0.25, -0.2) is 0 Å². The van der Waals surface area contributed by atoms with E-state index in [4.69, 9.17) is 0 Å². The molecule has 0 fully saturated rings. The van der Waals surface area contributed by atoms with Crippen LogP contribution in [0.25, 0.3) is 0 Å². The number of carbonyl (C=O) groups excluding carboxylic acids is 2. The predicted octanol–water partition coefficient (Wildman–Crippen LogP) is 3.61. The number of benzene rings is 2. The third-order valence-corrected chi connectivity index (χ3v) is 3.96. The zero-order valence-corrected chi connectivity index (χ0v) is 14.1. The van der Waals surface area contributed by atoms with Gasteiger partial charge in [-0.1, -0.05) is 24.3 Å². The number of aryl methyl sites for hydroxylation is 2. The third-order valence-electron chi connectivity index (χ3n) is 3.03. The minimum atomic E-state index is -0.111. The van der Waals surface area contributed by atoms with Crippen molar-refractivity contribution in [1.82, 2.24) is 0 Å². The van der Waals surface area contributed by atoms with Gasteiger partial charge in [0, 0.05) is 11.4 Å². The van der Waals surface area contributed by atoms with Crippen LogP contribution < -0.4 is 10.6 Å². The van der Waals surface area contributed by atoms with Crippen molar-refractivity contribution < 1.29 is 9.59 Å². The van der Waals surface area contributed by atoms with Crippen LogP contribution in [0.2, 0.25) is 0 Å². The molecule has 0 heterocycles. The SMILES string of the molecule is Cc1cc(C)cc(NC(=O)CSCC(=O)Nc2ccccc2)c1. The third kappa shape index (κ3) is 6.16. The van der Waals surface area contributed by atoms with Gasteiger partial charge in [-0.05, 0) is 49.2 Å². The zero-order valence-electron chi connectivity index (χ0n) is 13.3. The largest absolute Gasteiger partial charge is 0.325 e. The first-order chi connectivity index (χ1) is 11.0. The van der Waals surface area contributed by atoms with Crippen molar-refractivity contribution >= 4 is 35.0 Å². The van der Waals surface area contributed by atoms with Crippen molar-refractivity contribution in [2.45, 2.75) is 13.8 Å². The van der Waals surface area contributed by atoms with Crippen LogP contribution in [0.4, 0.5) is 11.4 Å². The number of hydrogen-bond donors (Lipinski definition) is 2.